The number of nitrogens with one attached hydrogen (secondary N) is 1. The van der Waals surface area contributed by atoms with E-state index in [0.29, 0.717) is 10.5 Å². The zero-order chi connectivity index (χ0) is 26.3. The van der Waals surface area contributed by atoms with Crippen molar-refractivity contribution in [2.75, 3.05) is 13.0 Å². The number of likely N-dealkylation sites (tertiary alicyclic amines) is 1. The Labute approximate surface area is 171 Å². The number of imide groups is 1. The highest BCUT2D eigenvalue weighted by Crippen LogP contribution is 2.33. The highest BCUT2D eigenvalue weighted by atomic mass is 16.2. The Morgan fingerprint density at radius 2 is 1.93 bits per heavy atom. The van der Waals surface area contributed by atoms with Crippen LogP contribution < -0.4 is 5.32 Å². The Morgan fingerprint density at radius 3 is 2.59 bits per heavy atom. The van der Waals surface area contributed by atoms with Crippen molar-refractivity contribution in [2.24, 2.45) is 0 Å². The van der Waals surface area contributed by atoms with Crippen LogP contribution in [0.3, 0.4) is 0 Å². The number of fused-ring (bicyclic) bond motifs is 1. The molecule has 144 valence electrons. The van der Waals surface area contributed by atoms with Gasteiger partial charge in [-0.3, -0.25) is 19.7 Å². The molecule has 0 aromatic heterocycles. The molecule has 1 aromatic rings. The van der Waals surface area contributed by atoms with Gasteiger partial charge in [-0.05, 0) is 69.1 Å². The third-order valence-corrected chi connectivity index (χ3v) is 5.06. The van der Waals surface area contributed by atoms with Gasteiger partial charge in [-0.25, -0.2) is 0 Å². The van der Waals surface area contributed by atoms with Gasteiger partial charge >= 0.3 is 0 Å². The first kappa shape index (κ1) is 11.0. The maximum absolute atomic E-state index is 13.0. The van der Waals surface area contributed by atoms with Gasteiger partial charge in [0.15, 0.2) is 0 Å². The minimum Gasteiger partial charge on any atom is -0.322 e. The summed E-state index contributed by atoms with van der Waals surface area (Å²) in [7, 11) is 0. The Kier molecular flexibility index (Phi) is 2.87. The fourth-order valence-corrected chi connectivity index (χ4v) is 3.53. The molecular weight excluding hydrogens is 342 g/mol. The first-order valence-corrected chi connectivity index (χ1v) is 9.03. The molecule has 3 aliphatic rings. The number of nitrogens with zero attached hydrogens (tertiary/aromatic N) is 2. The molecule has 0 unspecified atom stereocenters. The van der Waals surface area contributed by atoms with E-state index in [0.717, 1.165) is 0 Å². The number of piperidine rings is 2. The van der Waals surface area contributed by atoms with E-state index in [1.165, 1.54) is 36.9 Å². The number of amides is 3. The number of carbonyl (C=O) groups excluding carboxylic acids is 3. The van der Waals surface area contributed by atoms with Gasteiger partial charge < -0.3 is 9.80 Å². The molecule has 6 nitrogen and oxygen atoms in total. The second kappa shape index (κ2) is 7.08. The molecule has 3 heterocycles. The Bertz CT molecular complexity index is 1080. The lowest BCUT2D eigenvalue weighted by molar-refractivity contribution is -0.136. The van der Waals surface area contributed by atoms with Crippen molar-refractivity contribution in [3.63, 3.8) is 0 Å². The molecule has 2 fully saturated rings. The van der Waals surface area contributed by atoms with E-state index in [4.69, 9.17) is 11.0 Å². The van der Waals surface area contributed by atoms with Crippen LogP contribution >= 0.6 is 0 Å². The van der Waals surface area contributed by atoms with Crippen molar-refractivity contribution >= 4 is 17.7 Å². The molecule has 0 spiro atoms. The van der Waals surface area contributed by atoms with E-state index in [2.05, 4.69) is 5.32 Å². The molecular formula is C21H27N3O3. The monoisotopic (exact) mass is 377 g/mol. The van der Waals surface area contributed by atoms with Crippen LogP contribution in [-0.4, -0.2) is 52.6 Å². The average Bonchev–Trinajstić information content (AvgIpc) is 3.01. The number of rotatable bonds is 3. The Morgan fingerprint density at radius 1 is 1.19 bits per heavy atom. The van der Waals surface area contributed by atoms with Crippen LogP contribution in [-0.2, 0) is 16.1 Å². The molecule has 0 radical (unpaired) electrons. The van der Waals surface area contributed by atoms with E-state index in [1.807, 2.05) is 0 Å². The SMILES string of the molecule is [2H]C1([2H])C(c2ccc3c(c2)CN([C@H]2CCC(=O)NC2=O)C3=O)C([2H])([2H])C([2H])([2H])N(C(C)C)C1([2H])[2H]. The number of carbonyl (C=O) groups is 3. The topological polar surface area (TPSA) is 69.7 Å². The molecule has 27 heavy (non-hydrogen) atoms. The molecule has 3 aliphatic heterocycles. The molecule has 1 aromatic carbocycles. The molecule has 2 saturated heterocycles. The van der Waals surface area contributed by atoms with Crippen molar-refractivity contribution in [2.45, 2.75) is 64.0 Å². The maximum atomic E-state index is 13.0. The summed E-state index contributed by atoms with van der Waals surface area (Å²) < 4.78 is 68.6. The maximum Gasteiger partial charge on any atom is 0.255 e. The third kappa shape index (κ3) is 3.38. The predicted molar refractivity (Wildman–Crippen MR) is 101 cm³/mol. The predicted octanol–water partition coefficient (Wildman–Crippen LogP) is 2.04. The first-order chi connectivity index (χ1) is 16.0. The smallest absolute Gasteiger partial charge is 0.255 e. The minimum absolute atomic E-state index is 0.0211. The molecule has 1 atom stereocenters. The highest BCUT2D eigenvalue weighted by Gasteiger charge is 2.39. The van der Waals surface area contributed by atoms with Crippen molar-refractivity contribution in [3.05, 3.63) is 34.9 Å². The fourth-order valence-electron chi connectivity index (χ4n) is 3.53. The molecule has 0 bridgehead atoms. The summed E-state index contributed by atoms with van der Waals surface area (Å²) >= 11 is 0. The number of hydrogen-bond acceptors (Lipinski definition) is 4. The lowest BCUT2D eigenvalue weighted by atomic mass is 9.87. The van der Waals surface area contributed by atoms with E-state index in [1.54, 1.807) is 0 Å². The van der Waals surface area contributed by atoms with Crippen LogP contribution in [0.2, 0.25) is 0 Å². The Balaban J connectivity index is 1.75. The zero-order valence-corrected chi connectivity index (χ0v) is 15.2. The fraction of sp³-hybridized carbons (Fsp3) is 0.571. The van der Waals surface area contributed by atoms with E-state index >= 15 is 0 Å². The van der Waals surface area contributed by atoms with Crippen molar-refractivity contribution in [1.82, 2.24) is 15.1 Å². The molecule has 6 heteroatoms. The van der Waals surface area contributed by atoms with Crippen LogP contribution in [0.1, 0.15) is 77.8 Å². The normalized spacial score (nSPS) is 36.3. The van der Waals surface area contributed by atoms with Gasteiger partial charge in [-0.15, -0.1) is 0 Å². The highest BCUT2D eigenvalue weighted by molar-refractivity contribution is 6.05. The summed E-state index contributed by atoms with van der Waals surface area (Å²) in [6.07, 6.45) is -5.43. The first-order valence-electron chi connectivity index (χ1n) is 13.0. The van der Waals surface area contributed by atoms with E-state index < -0.39 is 61.5 Å². The lowest BCUT2D eigenvalue weighted by Gasteiger charge is -2.34. The van der Waals surface area contributed by atoms with E-state index in [-0.39, 0.29) is 30.5 Å². The summed E-state index contributed by atoms with van der Waals surface area (Å²) in [5, 5.41) is 2.21. The van der Waals surface area contributed by atoms with Gasteiger partial charge in [0.05, 0.1) is 0 Å². The largest absolute Gasteiger partial charge is 0.322 e. The van der Waals surface area contributed by atoms with Gasteiger partial charge in [0.2, 0.25) is 11.8 Å². The summed E-state index contributed by atoms with van der Waals surface area (Å²) in [5.74, 6) is -3.29. The summed E-state index contributed by atoms with van der Waals surface area (Å²) in [5.41, 5.74) is 0.661. The average molecular weight is 378 g/mol. The van der Waals surface area contributed by atoms with Crippen molar-refractivity contribution in [3.8, 4) is 0 Å². The van der Waals surface area contributed by atoms with Gasteiger partial charge in [-0.1, -0.05) is 12.1 Å². The molecule has 0 aliphatic carbocycles. The van der Waals surface area contributed by atoms with Gasteiger partial charge in [0, 0.05) is 35.5 Å². The minimum atomic E-state index is -2.85. The lowest BCUT2D eigenvalue weighted by Crippen LogP contribution is -2.52. The zero-order valence-electron chi connectivity index (χ0n) is 23.2. The third-order valence-electron chi connectivity index (χ3n) is 5.06. The molecule has 1 N–H and O–H groups in total. The Hall–Kier alpha value is -2.21. The van der Waals surface area contributed by atoms with Gasteiger partial charge in [0.1, 0.15) is 6.04 Å². The van der Waals surface area contributed by atoms with Gasteiger partial charge in [0.25, 0.3) is 5.91 Å². The quantitative estimate of drug-likeness (QED) is 0.819. The number of hydrogen-bond donors (Lipinski definition) is 1. The van der Waals surface area contributed by atoms with Crippen LogP contribution in [0.15, 0.2) is 18.2 Å². The summed E-state index contributed by atoms with van der Waals surface area (Å²) in [6.45, 7) is -2.77. The summed E-state index contributed by atoms with van der Waals surface area (Å²) in [6, 6.07) is 2.42. The number of benzene rings is 1. The van der Waals surface area contributed by atoms with Crippen LogP contribution in [0.4, 0.5) is 0 Å². The molecule has 4 rings (SSSR count). The van der Waals surface area contributed by atoms with Crippen LogP contribution in [0.25, 0.3) is 0 Å². The second-order valence-electron chi connectivity index (χ2n) is 7.23. The molecule has 0 saturated carbocycles. The van der Waals surface area contributed by atoms with Gasteiger partial charge in [-0.2, -0.15) is 0 Å². The standard InChI is InChI=1S/C21H27N3O3/c1-13(2)23-9-7-14(8-10-23)15-3-4-17-16(11-15)12-24(21(17)27)18-5-6-19(25)22-20(18)26/h3-4,11,13-14,18H,5-10,12H2,1-2H3,(H,22,25,26)/t18-/m0/s1/i7D2,8D2,9D2,10D2. The molecule has 3 amide bonds. The van der Waals surface area contributed by atoms with Crippen LogP contribution in [0, 0.1) is 0 Å². The second-order valence-corrected chi connectivity index (χ2v) is 7.23. The van der Waals surface area contributed by atoms with Crippen LogP contribution in [0.5, 0.6) is 0 Å². The van der Waals surface area contributed by atoms with Crippen molar-refractivity contribution in [1.29, 1.82) is 0 Å². The van der Waals surface area contributed by atoms with Crippen molar-refractivity contribution < 1.29 is 25.3 Å². The summed E-state index contributed by atoms with van der Waals surface area (Å²) in [4.78, 5) is 38.7. The van der Waals surface area contributed by atoms with E-state index in [9.17, 15) is 14.4 Å².